The van der Waals surface area contributed by atoms with Crippen molar-refractivity contribution in [1.29, 1.82) is 0 Å². The molecule has 0 N–H and O–H groups in total. The Morgan fingerprint density at radius 3 is 2.87 bits per heavy atom. The molecule has 0 unspecified atom stereocenters. The number of hydrogen-bond donors (Lipinski definition) is 0. The van der Waals surface area contributed by atoms with Gasteiger partial charge in [0, 0.05) is 10.0 Å². The lowest BCUT2D eigenvalue weighted by Crippen LogP contribution is -1.98. The number of ether oxygens (including phenoxy) is 1. The standard InChI is InChI=1S/C12H14BrFO/c1-9(2)5-6-15-8-10-3-4-11(13)7-12(10)14/h3-4,7H,1,5-6,8H2,2H3. The molecule has 3 heteroatoms. The quantitative estimate of drug-likeness (QED) is 0.580. The second-order valence-corrected chi connectivity index (χ2v) is 4.41. The first-order valence-corrected chi connectivity index (χ1v) is 5.55. The minimum Gasteiger partial charge on any atom is -0.376 e. The number of halogens is 2. The first-order chi connectivity index (χ1) is 7.09. The molecule has 1 aromatic carbocycles. The summed E-state index contributed by atoms with van der Waals surface area (Å²) < 4.78 is 19.4. The molecule has 0 aliphatic heterocycles. The van der Waals surface area contributed by atoms with Crippen molar-refractivity contribution in [2.45, 2.75) is 20.0 Å². The van der Waals surface area contributed by atoms with E-state index >= 15 is 0 Å². The molecule has 1 nitrogen and oxygen atoms in total. The van der Waals surface area contributed by atoms with Gasteiger partial charge in [-0.15, -0.1) is 6.58 Å². The maximum absolute atomic E-state index is 13.3. The maximum Gasteiger partial charge on any atom is 0.129 e. The SMILES string of the molecule is C=C(C)CCOCc1ccc(Br)cc1F. The third-order valence-corrected chi connectivity index (χ3v) is 2.44. The van der Waals surface area contributed by atoms with E-state index in [2.05, 4.69) is 22.5 Å². The van der Waals surface area contributed by atoms with Crippen LogP contribution in [0.2, 0.25) is 0 Å². The molecule has 0 aliphatic carbocycles. The van der Waals surface area contributed by atoms with Crippen molar-refractivity contribution in [3.63, 3.8) is 0 Å². The number of benzene rings is 1. The minimum absolute atomic E-state index is 0.236. The molecule has 0 amide bonds. The molecule has 0 heterocycles. The topological polar surface area (TPSA) is 9.23 Å². The second kappa shape index (κ2) is 6.03. The van der Waals surface area contributed by atoms with Crippen molar-refractivity contribution in [2.75, 3.05) is 6.61 Å². The van der Waals surface area contributed by atoms with Gasteiger partial charge in [0.2, 0.25) is 0 Å². The summed E-state index contributed by atoms with van der Waals surface area (Å²) in [6, 6.07) is 4.97. The average Bonchev–Trinajstić information content (AvgIpc) is 2.14. The highest BCUT2D eigenvalue weighted by molar-refractivity contribution is 9.10. The van der Waals surface area contributed by atoms with Gasteiger partial charge in [0.15, 0.2) is 0 Å². The molecule has 0 saturated heterocycles. The monoisotopic (exact) mass is 272 g/mol. The van der Waals surface area contributed by atoms with Crippen LogP contribution in [0.1, 0.15) is 18.9 Å². The average molecular weight is 273 g/mol. The van der Waals surface area contributed by atoms with Crippen LogP contribution in [0.15, 0.2) is 34.8 Å². The van der Waals surface area contributed by atoms with Crippen LogP contribution in [-0.2, 0) is 11.3 Å². The van der Waals surface area contributed by atoms with Crippen LogP contribution in [0.5, 0.6) is 0 Å². The summed E-state index contributed by atoms with van der Waals surface area (Å²) in [5.41, 5.74) is 1.66. The van der Waals surface area contributed by atoms with Gasteiger partial charge in [-0.3, -0.25) is 0 Å². The van der Waals surface area contributed by atoms with Gasteiger partial charge in [-0.2, -0.15) is 0 Å². The molecule has 0 atom stereocenters. The molecule has 1 aromatic rings. The molecule has 1 rings (SSSR count). The van der Waals surface area contributed by atoms with Crippen LogP contribution in [0.4, 0.5) is 4.39 Å². The number of hydrogen-bond acceptors (Lipinski definition) is 1. The largest absolute Gasteiger partial charge is 0.376 e. The molecule has 0 aromatic heterocycles. The van der Waals surface area contributed by atoms with Crippen LogP contribution in [0, 0.1) is 5.82 Å². The first-order valence-electron chi connectivity index (χ1n) is 4.75. The Kier molecular flexibility index (Phi) is 4.99. The van der Waals surface area contributed by atoms with Gasteiger partial charge in [-0.25, -0.2) is 4.39 Å². The Bertz CT molecular complexity index is 349. The summed E-state index contributed by atoms with van der Waals surface area (Å²) in [6.07, 6.45) is 0.818. The van der Waals surface area contributed by atoms with Crippen LogP contribution < -0.4 is 0 Å². The molecule has 15 heavy (non-hydrogen) atoms. The van der Waals surface area contributed by atoms with E-state index in [1.54, 1.807) is 12.1 Å². The molecule has 82 valence electrons. The zero-order chi connectivity index (χ0) is 11.3. The second-order valence-electron chi connectivity index (χ2n) is 3.50. The Morgan fingerprint density at radius 2 is 2.27 bits per heavy atom. The van der Waals surface area contributed by atoms with Crippen molar-refractivity contribution in [2.24, 2.45) is 0 Å². The van der Waals surface area contributed by atoms with E-state index in [-0.39, 0.29) is 5.82 Å². The van der Waals surface area contributed by atoms with Gasteiger partial charge in [0.25, 0.3) is 0 Å². The highest BCUT2D eigenvalue weighted by atomic mass is 79.9. The van der Waals surface area contributed by atoms with Crippen LogP contribution in [0.3, 0.4) is 0 Å². The normalized spacial score (nSPS) is 10.3. The predicted octanol–water partition coefficient (Wildman–Crippen LogP) is 4.07. The lowest BCUT2D eigenvalue weighted by Gasteiger charge is -2.05. The van der Waals surface area contributed by atoms with Gasteiger partial charge >= 0.3 is 0 Å². The smallest absolute Gasteiger partial charge is 0.129 e. The summed E-state index contributed by atoms with van der Waals surface area (Å²) in [4.78, 5) is 0. The van der Waals surface area contributed by atoms with Crippen LogP contribution >= 0.6 is 15.9 Å². The van der Waals surface area contributed by atoms with E-state index in [1.165, 1.54) is 6.07 Å². The molecule has 0 spiro atoms. The Balaban J connectivity index is 2.40. The van der Waals surface area contributed by atoms with E-state index in [4.69, 9.17) is 4.74 Å². The molecule has 0 bridgehead atoms. The predicted molar refractivity (Wildman–Crippen MR) is 63.2 cm³/mol. The van der Waals surface area contributed by atoms with Crippen molar-refractivity contribution in [1.82, 2.24) is 0 Å². The third kappa shape index (κ3) is 4.58. The van der Waals surface area contributed by atoms with Crippen LogP contribution in [0.25, 0.3) is 0 Å². The van der Waals surface area contributed by atoms with Crippen molar-refractivity contribution >= 4 is 15.9 Å². The highest BCUT2D eigenvalue weighted by Crippen LogP contribution is 2.16. The molecule has 0 aliphatic rings. The van der Waals surface area contributed by atoms with E-state index in [9.17, 15) is 4.39 Å². The Hall–Kier alpha value is -0.670. The minimum atomic E-state index is -0.236. The lowest BCUT2D eigenvalue weighted by molar-refractivity contribution is 0.121. The summed E-state index contributed by atoms with van der Waals surface area (Å²) in [6.45, 7) is 6.62. The van der Waals surface area contributed by atoms with Gasteiger partial charge in [0.05, 0.1) is 13.2 Å². The Morgan fingerprint density at radius 1 is 1.53 bits per heavy atom. The van der Waals surface area contributed by atoms with Crippen molar-refractivity contribution < 1.29 is 9.13 Å². The van der Waals surface area contributed by atoms with Crippen molar-refractivity contribution in [3.05, 3.63) is 46.2 Å². The number of rotatable bonds is 5. The first kappa shape index (κ1) is 12.4. The van der Waals surface area contributed by atoms with E-state index in [0.29, 0.717) is 18.8 Å². The Labute approximate surface area is 98.1 Å². The molecule has 0 saturated carbocycles. The summed E-state index contributed by atoms with van der Waals surface area (Å²) in [5.74, 6) is -0.236. The molecule has 0 fully saturated rings. The summed E-state index contributed by atoms with van der Waals surface area (Å²) in [7, 11) is 0. The highest BCUT2D eigenvalue weighted by Gasteiger charge is 2.02. The van der Waals surface area contributed by atoms with Crippen molar-refractivity contribution in [3.8, 4) is 0 Å². The van der Waals surface area contributed by atoms with E-state index in [1.807, 2.05) is 6.92 Å². The summed E-state index contributed by atoms with van der Waals surface area (Å²) >= 11 is 3.20. The third-order valence-electron chi connectivity index (χ3n) is 1.95. The maximum atomic E-state index is 13.3. The fourth-order valence-corrected chi connectivity index (χ4v) is 1.40. The summed E-state index contributed by atoms with van der Waals surface area (Å²) in [5, 5.41) is 0. The van der Waals surface area contributed by atoms with Crippen LogP contribution in [-0.4, -0.2) is 6.61 Å². The fourth-order valence-electron chi connectivity index (χ4n) is 1.07. The lowest BCUT2D eigenvalue weighted by atomic mass is 10.2. The zero-order valence-corrected chi connectivity index (χ0v) is 10.3. The van der Waals surface area contributed by atoms with E-state index < -0.39 is 0 Å². The zero-order valence-electron chi connectivity index (χ0n) is 8.72. The van der Waals surface area contributed by atoms with Gasteiger partial charge in [0.1, 0.15) is 5.82 Å². The van der Waals surface area contributed by atoms with Gasteiger partial charge in [-0.1, -0.05) is 27.6 Å². The molecular formula is C12H14BrFO. The van der Waals surface area contributed by atoms with E-state index in [0.717, 1.165) is 16.5 Å². The molecular weight excluding hydrogens is 259 g/mol. The fraction of sp³-hybridized carbons (Fsp3) is 0.333. The van der Waals surface area contributed by atoms with Gasteiger partial charge in [-0.05, 0) is 25.5 Å². The van der Waals surface area contributed by atoms with Gasteiger partial charge < -0.3 is 4.74 Å². The molecule has 0 radical (unpaired) electrons.